The molecule has 2 rings (SSSR count). The van der Waals surface area contributed by atoms with Crippen LogP contribution in [-0.4, -0.2) is 41.8 Å². The van der Waals surface area contributed by atoms with E-state index in [1.165, 1.54) is 25.3 Å². The van der Waals surface area contributed by atoms with E-state index in [2.05, 4.69) is 19.9 Å². The molecule has 0 atom stereocenters. The van der Waals surface area contributed by atoms with Crippen molar-refractivity contribution < 1.29 is 23.1 Å². The summed E-state index contributed by atoms with van der Waals surface area (Å²) in [4.78, 5) is 14.4. The molecule has 0 bridgehead atoms. The van der Waals surface area contributed by atoms with Gasteiger partial charge in [0.1, 0.15) is 12.1 Å². The summed E-state index contributed by atoms with van der Waals surface area (Å²) < 4.78 is 31.7. The number of H-pyrrole nitrogens is 1. The number of rotatable bonds is 6. The number of methoxy groups -OCH3 is 1. The molecule has 0 radical (unpaired) electrons. The summed E-state index contributed by atoms with van der Waals surface area (Å²) >= 11 is 0. The van der Waals surface area contributed by atoms with Crippen LogP contribution in [0, 0.1) is 0 Å². The quantitative estimate of drug-likeness (QED) is 0.695. The molecule has 0 aliphatic carbocycles. The number of aromatic nitrogens is 3. The summed E-state index contributed by atoms with van der Waals surface area (Å²) in [5.41, 5.74) is 0.105. The highest BCUT2D eigenvalue weighted by molar-refractivity contribution is 7.92. The highest BCUT2D eigenvalue weighted by Crippen LogP contribution is 2.23. The molecule has 0 unspecified atom stereocenters. The predicted octanol–water partition coefficient (Wildman–Crippen LogP) is 0.241. The van der Waals surface area contributed by atoms with Crippen molar-refractivity contribution in [2.45, 2.75) is 11.3 Å². The van der Waals surface area contributed by atoms with E-state index in [1.54, 1.807) is 0 Å². The lowest BCUT2D eigenvalue weighted by Gasteiger charge is -2.11. The fourth-order valence-corrected chi connectivity index (χ4v) is 2.87. The molecular weight excluding hydrogens is 300 g/mol. The average molecular weight is 312 g/mol. The first-order chi connectivity index (χ1) is 9.92. The summed E-state index contributed by atoms with van der Waals surface area (Å²) in [6.45, 7) is 0. The third kappa shape index (κ3) is 3.48. The zero-order chi connectivity index (χ0) is 15.5. The Morgan fingerprint density at radius 3 is 2.81 bits per heavy atom. The zero-order valence-corrected chi connectivity index (χ0v) is 11.7. The van der Waals surface area contributed by atoms with Gasteiger partial charge in [-0.25, -0.2) is 18.2 Å². The molecule has 3 N–H and O–H groups in total. The fraction of sp³-hybridized carbons (Fsp3) is 0.182. The van der Waals surface area contributed by atoms with E-state index >= 15 is 0 Å². The molecule has 2 aromatic rings. The maximum Gasteiger partial charge on any atom is 0.307 e. The summed E-state index contributed by atoms with van der Waals surface area (Å²) in [5.74, 6) is -0.851. The molecule has 21 heavy (non-hydrogen) atoms. The van der Waals surface area contributed by atoms with Crippen LogP contribution in [0.5, 0.6) is 5.75 Å². The van der Waals surface area contributed by atoms with Crippen molar-refractivity contribution in [2.75, 3.05) is 11.8 Å². The smallest absolute Gasteiger partial charge is 0.307 e. The first kappa shape index (κ1) is 14.8. The van der Waals surface area contributed by atoms with E-state index < -0.39 is 22.4 Å². The zero-order valence-electron chi connectivity index (χ0n) is 10.9. The van der Waals surface area contributed by atoms with Crippen molar-refractivity contribution in [3.05, 3.63) is 30.1 Å². The molecule has 9 nitrogen and oxygen atoms in total. The Labute approximate surface area is 120 Å². The molecule has 0 aliphatic rings. The Morgan fingerprint density at radius 2 is 2.24 bits per heavy atom. The van der Waals surface area contributed by atoms with Gasteiger partial charge in [0.05, 0.1) is 18.4 Å². The predicted molar refractivity (Wildman–Crippen MR) is 71.5 cm³/mol. The summed E-state index contributed by atoms with van der Waals surface area (Å²) in [6.07, 6.45) is 0.688. The molecule has 0 amide bonds. The van der Waals surface area contributed by atoms with Crippen LogP contribution in [0.25, 0.3) is 0 Å². The van der Waals surface area contributed by atoms with Gasteiger partial charge in [-0.15, -0.1) is 0 Å². The first-order valence-corrected chi connectivity index (χ1v) is 7.17. The number of ether oxygens (including phenoxy) is 1. The summed E-state index contributed by atoms with van der Waals surface area (Å²) in [6, 6.07) is 4.07. The van der Waals surface area contributed by atoms with Gasteiger partial charge in [-0.3, -0.25) is 4.79 Å². The summed E-state index contributed by atoms with van der Waals surface area (Å²) in [7, 11) is -2.58. The molecule has 0 saturated carbocycles. The van der Waals surface area contributed by atoms with E-state index in [9.17, 15) is 13.2 Å². The lowest BCUT2D eigenvalue weighted by molar-refractivity contribution is -0.136. The molecule has 10 heteroatoms. The molecule has 0 fully saturated rings. The van der Waals surface area contributed by atoms with Crippen LogP contribution >= 0.6 is 0 Å². The number of nitrogens with one attached hydrogen (secondary N) is 2. The van der Waals surface area contributed by atoms with Crippen LogP contribution in [0.1, 0.15) is 5.56 Å². The van der Waals surface area contributed by atoms with Crippen LogP contribution in [-0.2, 0) is 21.2 Å². The van der Waals surface area contributed by atoms with Crippen molar-refractivity contribution in [1.29, 1.82) is 0 Å². The maximum atomic E-state index is 12.3. The number of hydrogen-bond donors (Lipinski definition) is 3. The Kier molecular flexibility index (Phi) is 4.08. The molecule has 0 spiro atoms. The van der Waals surface area contributed by atoms with Gasteiger partial charge in [-0.1, -0.05) is 0 Å². The molecule has 0 aliphatic heterocycles. The number of hydrogen-bond acceptors (Lipinski definition) is 6. The van der Waals surface area contributed by atoms with Gasteiger partial charge >= 0.3 is 5.97 Å². The molecule has 1 heterocycles. The largest absolute Gasteiger partial charge is 0.497 e. The van der Waals surface area contributed by atoms with Gasteiger partial charge in [0.25, 0.3) is 10.0 Å². The standard InChI is InChI=1S/C11H12N4O5S/c1-20-8-2-3-9(7(4-8)5-10(16)17)21(18,19)15-11-12-6-13-14-11/h2-4,6H,5H2,1H3,(H,16,17)(H2,12,13,14,15). The fourth-order valence-electron chi connectivity index (χ4n) is 1.68. The van der Waals surface area contributed by atoms with Gasteiger partial charge in [0.2, 0.25) is 5.95 Å². The first-order valence-electron chi connectivity index (χ1n) is 5.69. The number of sulfonamides is 1. The molecule has 1 aromatic heterocycles. The van der Waals surface area contributed by atoms with Crippen LogP contribution in [0.2, 0.25) is 0 Å². The third-order valence-corrected chi connectivity index (χ3v) is 3.98. The summed E-state index contributed by atoms with van der Waals surface area (Å²) in [5, 5.41) is 14.8. The Morgan fingerprint density at radius 1 is 1.48 bits per heavy atom. The van der Waals surface area contributed by atoms with Crippen LogP contribution in [0.3, 0.4) is 0 Å². The Hall–Kier alpha value is -2.62. The minimum Gasteiger partial charge on any atom is -0.497 e. The minimum atomic E-state index is -3.99. The van der Waals surface area contributed by atoms with Gasteiger partial charge in [0, 0.05) is 0 Å². The van der Waals surface area contributed by atoms with E-state index in [-0.39, 0.29) is 16.4 Å². The van der Waals surface area contributed by atoms with E-state index in [1.807, 2.05) is 0 Å². The lowest BCUT2D eigenvalue weighted by Crippen LogP contribution is -2.17. The van der Waals surface area contributed by atoms with Gasteiger partial charge < -0.3 is 9.84 Å². The SMILES string of the molecule is COc1ccc(S(=O)(=O)Nc2ncn[nH]2)c(CC(=O)O)c1. The second-order valence-electron chi connectivity index (χ2n) is 3.98. The molecule has 112 valence electrons. The van der Waals surface area contributed by atoms with Crippen molar-refractivity contribution >= 4 is 21.9 Å². The van der Waals surface area contributed by atoms with Crippen molar-refractivity contribution in [2.24, 2.45) is 0 Å². The van der Waals surface area contributed by atoms with Gasteiger partial charge in [0.15, 0.2) is 0 Å². The van der Waals surface area contributed by atoms with E-state index in [0.29, 0.717) is 5.75 Å². The van der Waals surface area contributed by atoms with E-state index in [0.717, 1.165) is 6.33 Å². The lowest BCUT2D eigenvalue weighted by atomic mass is 10.1. The number of carbonyl (C=O) groups is 1. The van der Waals surface area contributed by atoms with Gasteiger partial charge in [-0.05, 0) is 23.8 Å². The number of benzene rings is 1. The molecule has 0 saturated heterocycles. The van der Waals surface area contributed by atoms with Crippen LogP contribution in [0.4, 0.5) is 5.95 Å². The number of anilines is 1. The Balaban J connectivity index is 2.43. The second-order valence-corrected chi connectivity index (χ2v) is 5.63. The molecular formula is C11H12N4O5S. The number of carboxylic acid groups (broad SMARTS) is 1. The number of aliphatic carboxylic acids is 1. The van der Waals surface area contributed by atoms with Crippen molar-refractivity contribution in [3.8, 4) is 5.75 Å². The number of carboxylic acids is 1. The average Bonchev–Trinajstić information content (AvgIpc) is 2.89. The normalized spacial score (nSPS) is 11.1. The monoisotopic (exact) mass is 312 g/mol. The Bertz CT molecular complexity index is 742. The molecule has 1 aromatic carbocycles. The third-order valence-electron chi connectivity index (χ3n) is 2.54. The minimum absolute atomic E-state index is 0.0629. The van der Waals surface area contributed by atoms with Gasteiger partial charge in [-0.2, -0.15) is 10.1 Å². The topological polar surface area (TPSA) is 134 Å². The second kappa shape index (κ2) is 5.79. The number of nitrogens with zero attached hydrogens (tertiary/aromatic N) is 2. The highest BCUT2D eigenvalue weighted by Gasteiger charge is 2.21. The highest BCUT2D eigenvalue weighted by atomic mass is 32.2. The maximum absolute atomic E-state index is 12.3. The van der Waals surface area contributed by atoms with E-state index in [4.69, 9.17) is 9.84 Å². The number of aromatic amines is 1. The van der Waals surface area contributed by atoms with Crippen LogP contribution in [0.15, 0.2) is 29.4 Å². The van der Waals surface area contributed by atoms with Crippen molar-refractivity contribution in [3.63, 3.8) is 0 Å². The van der Waals surface area contributed by atoms with Crippen molar-refractivity contribution in [1.82, 2.24) is 15.2 Å². The van der Waals surface area contributed by atoms with Crippen LogP contribution < -0.4 is 9.46 Å².